The van der Waals surface area contributed by atoms with Crippen LogP contribution in [0.5, 0.6) is 0 Å². The number of rotatable bonds is 5. The van der Waals surface area contributed by atoms with Crippen LogP contribution in [0.1, 0.15) is 32.3 Å². The average molecular weight is 306 g/mol. The molecule has 2 amide bonds. The zero-order valence-corrected chi connectivity index (χ0v) is 13.4. The predicted octanol–water partition coefficient (Wildman–Crippen LogP) is 2.85. The number of hydrogen-bond donors (Lipinski definition) is 2. The highest BCUT2D eigenvalue weighted by Crippen LogP contribution is 2.22. The average Bonchev–Trinajstić information content (AvgIpc) is 2.54. The van der Waals surface area contributed by atoms with Crippen LogP contribution in [-0.4, -0.2) is 41.8 Å². The minimum atomic E-state index is -0.294. The number of amides is 2. The highest BCUT2D eigenvalue weighted by Gasteiger charge is 2.25. The van der Waals surface area contributed by atoms with Crippen LogP contribution in [0.2, 0.25) is 0 Å². The SMILES string of the molecule is CCOCc1ccccc1NC(=O)N1CCC(C(C)O)CC1. The van der Waals surface area contributed by atoms with Crippen molar-refractivity contribution in [3.8, 4) is 0 Å². The molecule has 0 aliphatic carbocycles. The maximum Gasteiger partial charge on any atom is 0.321 e. The maximum absolute atomic E-state index is 12.4. The van der Waals surface area contributed by atoms with E-state index in [1.165, 1.54) is 0 Å². The summed E-state index contributed by atoms with van der Waals surface area (Å²) in [7, 11) is 0. The van der Waals surface area contributed by atoms with E-state index in [1.54, 1.807) is 0 Å². The van der Waals surface area contributed by atoms with Gasteiger partial charge in [-0.2, -0.15) is 0 Å². The fourth-order valence-electron chi connectivity index (χ4n) is 2.76. The van der Waals surface area contributed by atoms with Crippen molar-refractivity contribution in [2.24, 2.45) is 5.92 Å². The fraction of sp³-hybridized carbons (Fsp3) is 0.588. The monoisotopic (exact) mass is 306 g/mol. The number of piperidine rings is 1. The molecule has 2 rings (SSSR count). The number of urea groups is 1. The molecule has 2 N–H and O–H groups in total. The number of benzene rings is 1. The van der Waals surface area contributed by atoms with Crippen molar-refractivity contribution in [2.45, 2.75) is 39.4 Å². The highest BCUT2D eigenvalue weighted by molar-refractivity contribution is 5.90. The Morgan fingerprint density at radius 1 is 1.41 bits per heavy atom. The lowest BCUT2D eigenvalue weighted by molar-refractivity contribution is 0.0820. The molecule has 1 saturated heterocycles. The molecule has 5 nitrogen and oxygen atoms in total. The molecule has 1 atom stereocenters. The molecule has 1 aliphatic rings. The highest BCUT2D eigenvalue weighted by atomic mass is 16.5. The van der Waals surface area contributed by atoms with E-state index in [4.69, 9.17) is 4.74 Å². The van der Waals surface area contributed by atoms with Gasteiger partial charge in [0.05, 0.1) is 12.7 Å². The van der Waals surface area contributed by atoms with Crippen LogP contribution in [0.3, 0.4) is 0 Å². The number of nitrogens with zero attached hydrogens (tertiary/aromatic N) is 1. The van der Waals surface area contributed by atoms with E-state index in [-0.39, 0.29) is 12.1 Å². The normalized spacial score (nSPS) is 17.3. The fourth-order valence-corrected chi connectivity index (χ4v) is 2.76. The van der Waals surface area contributed by atoms with Gasteiger partial charge in [-0.15, -0.1) is 0 Å². The molecule has 1 aromatic carbocycles. The number of aliphatic hydroxyl groups excluding tert-OH is 1. The van der Waals surface area contributed by atoms with Crippen LogP contribution in [0.25, 0.3) is 0 Å². The van der Waals surface area contributed by atoms with E-state index < -0.39 is 0 Å². The lowest BCUT2D eigenvalue weighted by Gasteiger charge is -2.33. The summed E-state index contributed by atoms with van der Waals surface area (Å²) in [6.07, 6.45) is 1.41. The molecule has 122 valence electrons. The summed E-state index contributed by atoms with van der Waals surface area (Å²) in [4.78, 5) is 14.2. The van der Waals surface area contributed by atoms with Gasteiger partial charge in [0.15, 0.2) is 0 Å². The first-order valence-electron chi connectivity index (χ1n) is 8.01. The smallest absolute Gasteiger partial charge is 0.321 e. The largest absolute Gasteiger partial charge is 0.393 e. The third-order valence-electron chi connectivity index (χ3n) is 4.23. The van der Waals surface area contributed by atoms with Crippen molar-refractivity contribution in [1.29, 1.82) is 0 Å². The van der Waals surface area contributed by atoms with Crippen LogP contribution in [0.15, 0.2) is 24.3 Å². The number of para-hydroxylation sites is 1. The number of carbonyl (C=O) groups excluding carboxylic acids is 1. The Kier molecular flexibility index (Phi) is 6.21. The van der Waals surface area contributed by atoms with E-state index in [9.17, 15) is 9.90 Å². The summed E-state index contributed by atoms with van der Waals surface area (Å²) in [5, 5.41) is 12.6. The number of carbonyl (C=O) groups is 1. The number of anilines is 1. The summed E-state index contributed by atoms with van der Waals surface area (Å²) < 4.78 is 5.43. The molecule has 0 saturated carbocycles. The number of nitrogens with one attached hydrogen (secondary N) is 1. The van der Waals surface area contributed by atoms with Crippen molar-refractivity contribution in [2.75, 3.05) is 25.0 Å². The van der Waals surface area contributed by atoms with Gasteiger partial charge in [0, 0.05) is 30.9 Å². The molecule has 1 unspecified atom stereocenters. The van der Waals surface area contributed by atoms with E-state index in [0.717, 1.165) is 24.1 Å². The predicted molar refractivity (Wildman–Crippen MR) is 86.8 cm³/mol. The summed E-state index contributed by atoms with van der Waals surface area (Å²) in [6.45, 7) is 6.30. The van der Waals surface area contributed by atoms with E-state index in [2.05, 4.69) is 5.32 Å². The number of ether oxygens (including phenoxy) is 1. The minimum absolute atomic E-state index is 0.0759. The third-order valence-corrected chi connectivity index (χ3v) is 4.23. The van der Waals surface area contributed by atoms with Gasteiger partial charge in [-0.25, -0.2) is 4.79 Å². The number of hydrogen-bond acceptors (Lipinski definition) is 3. The van der Waals surface area contributed by atoms with Crippen molar-refractivity contribution < 1.29 is 14.6 Å². The molecule has 0 spiro atoms. The zero-order chi connectivity index (χ0) is 15.9. The zero-order valence-electron chi connectivity index (χ0n) is 13.4. The molecule has 1 heterocycles. The molecule has 22 heavy (non-hydrogen) atoms. The van der Waals surface area contributed by atoms with Gasteiger partial charge < -0.3 is 20.1 Å². The van der Waals surface area contributed by atoms with Crippen LogP contribution in [-0.2, 0) is 11.3 Å². The molecular weight excluding hydrogens is 280 g/mol. The number of likely N-dealkylation sites (tertiary alicyclic amines) is 1. The van der Waals surface area contributed by atoms with Gasteiger partial charge >= 0.3 is 6.03 Å². The molecule has 1 aromatic rings. The van der Waals surface area contributed by atoms with Crippen LogP contribution >= 0.6 is 0 Å². The van der Waals surface area contributed by atoms with Crippen molar-refractivity contribution in [1.82, 2.24) is 4.90 Å². The molecule has 5 heteroatoms. The van der Waals surface area contributed by atoms with Gasteiger partial charge in [-0.1, -0.05) is 18.2 Å². The summed E-state index contributed by atoms with van der Waals surface area (Å²) in [5.74, 6) is 0.300. The Morgan fingerprint density at radius 3 is 2.73 bits per heavy atom. The first kappa shape index (κ1) is 16.8. The Bertz CT molecular complexity index is 483. The Balaban J connectivity index is 1.92. The first-order valence-corrected chi connectivity index (χ1v) is 8.01. The lowest BCUT2D eigenvalue weighted by Crippen LogP contribution is -2.42. The molecule has 0 radical (unpaired) electrons. The van der Waals surface area contributed by atoms with Crippen LogP contribution in [0.4, 0.5) is 10.5 Å². The topological polar surface area (TPSA) is 61.8 Å². The molecule has 1 aliphatic heterocycles. The Morgan fingerprint density at radius 2 is 2.09 bits per heavy atom. The van der Waals surface area contributed by atoms with Crippen molar-refractivity contribution in [3.05, 3.63) is 29.8 Å². The molecule has 0 bridgehead atoms. The van der Waals surface area contributed by atoms with Gasteiger partial charge in [0.2, 0.25) is 0 Å². The van der Waals surface area contributed by atoms with E-state index in [0.29, 0.717) is 32.2 Å². The van der Waals surface area contributed by atoms with Gasteiger partial charge in [0.25, 0.3) is 0 Å². The van der Waals surface area contributed by atoms with Crippen molar-refractivity contribution in [3.63, 3.8) is 0 Å². The van der Waals surface area contributed by atoms with Crippen LogP contribution < -0.4 is 5.32 Å². The van der Waals surface area contributed by atoms with Crippen LogP contribution in [0, 0.1) is 5.92 Å². The molecular formula is C17H26N2O3. The third kappa shape index (κ3) is 4.45. The second kappa shape index (κ2) is 8.15. The quantitative estimate of drug-likeness (QED) is 0.879. The lowest BCUT2D eigenvalue weighted by atomic mass is 9.92. The van der Waals surface area contributed by atoms with Gasteiger partial charge in [-0.05, 0) is 38.7 Å². The Hall–Kier alpha value is -1.59. The standard InChI is InChI=1S/C17H26N2O3/c1-3-22-12-15-6-4-5-7-16(15)18-17(21)19-10-8-14(9-11-19)13(2)20/h4-7,13-14,20H,3,8-12H2,1-2H3,(H,18,21). The van der Waals surface area contributed by atoms with E-state index in [1.807, 2.05) is 43.0 Å². The summed E-state index contributed by atoms with van der Waals surface area (Å²) >= 11 is 0. The Labute approximate surface area is 132 Å². The minimum Gasteiger partial charge on any atom is -0.393 e. The van der Waals surface area contributed by atoms with Gasteiger partial charge in [-0.3, -0.25) is 0 Å². The first-order chi connectivity index (χ1) is 10.6. The van der Waals surface area contributed by atoms with E-state index >= 15 is 0 Å². The second-order valence-electron chi connectivity index (χ2n) is 5.79. The molecule has 1 fully saturated rings. The maximum atomic E-state index is 12.4. The van der Waals surface area contributed by atoms with Crippen molar-refractivity contribution >= 4 is 11.7 Å². The number of aliphatic hydroxyl groups is 1. The second-order valence-corrected chi connectivity index (χ2v) is 5.79. The van der Waals surface area contributed by atoms with Gasteiger partial charge in [0.1, 0.15) is 0 Å². The molecule has 0 aromatic heterocycles. The summed E-state index contributed by atoms with van der Waals surface area (Å²) in [5.41, 5.74) is 1.79. The summed E-state index contributed by atoms with van der Waals surface area (Å²) in [6, 6.07) is 7.64.